The fourth-order valence-electron chi connectivity index (χ4n) is 3.46. The van der Waals surface area contributed by atoms with Gasteiger partial charge in [-0.15, -0.1) is 0 Å². The van der Waals surface area contributed by atoms with Crippen molar-refractivity contribution in [2.24, 2.45) is 0 Å². The van der Waals surface area contributed by atoms with Crippen molar-refractivity contribution < 1.29 is 9.53 Å². The molecule has 1 aliphatic rings. The molecule has 146 valence electrons. The van der Waals surface area contributed by atoms with E-state index in [0.717, 1.165) is 43.4 Å². The molecule has 27 heavy (non-hydrogen) atoms. The fraction of sp³-hybridized carbons (Fsp3) is 0.500. The zero-order valence-electron chi connectivity index (χ0n) is 16.6. The first kappa shape index (κ1) is 19.2. The van der Waals surface area contributed by atoms with E-state index in [1.165, 1.54) is 0 Å². The van der Waals surface area contributed by atoms with E-state index in [-0.39, 0.29) is 18.0 Å². The first-order valence-corrected chi connectivity index (χ1v) is 9.47. The van der Waals surface area contributed by atoms with Gasteiger partial charge in [-0.05, 0) is 32.9 Å². The van der Waals surface area contributed by atoms with E-state index >= 15 is 0 Å². The third kappa shape index (κ3) is 4.24. The lowest BCUT2D eigenvalue weighted by molar-refractivity contribution is -0.120. The number of hydrogen-bond donors (Lipinski definition) is 1. The third-order valence-electron chi connectivity index (χ3n) is 5.08. The average Bonchev–Trinajstić information content (AvgIpc) is 3.16. The maximum atomic E-state index is 12.7. The second-order valence-corrected chi connectivity index (χ2v) is 7.11. The van der Waals surface area contributed by atoms with Crippen molar-refractivity contribution in [3.63, 3.8) is 0 Å². The van der Waals surface area contributed by atoms with Crippen LogP contribution in [0.4, 0.5) is 11.5 Å². The number of carbonyl (C=O) groups excluding carboxylic acids is 1. The summed E-state index contributed by atoms with van der Waals surface area (Å²) in [6, 6.07) is 9.91. The molecule has 1 aliphatic heterocycles. The number of amides is 1. The van der Waals surface area contributed by atoms with Crippen molar-refractivity contribution in [3.8, 4) is 5.75 Å². The zero-order valence-corrected chi connectivity index (χ0v) is 16.6. The summed E-state index contributed by atoms with van der Waals surface area (Å²) >= 11 is 0. The Morgan fingerprint density at radius 2 is 1.81 bits per heavy atom. The van der Waals surface area contributed by atoms with Gasteiger partial charge in [0.2, 0.25) is 5.91 Å². The minimum absolute atomic E-state index is 0.00291. The van der Waals surface area contributed by atoms with Gasteiger partial charge in [-0.25, -0.2) is 4.68 Å². The molecule has 1 saturated heterocycles. The van der Waals surface area contributed by atoms with Crippen molar-refractivity contribution in [2.45, 2.75) is 32.9 Å². The first-order chi connectivity index (χ1) is 13.0. The summed E-state index contributed by atoms with van der Waals surface area (Å²) in [6.45, 7) is 9.44. The van der Waals surface area contributed by atoms with E-state index in [1.54, 1.807) is 13.3 Å². The van der Waals surface area contributed by atoms with E-state index in [0.29, 0.717) is 0 Å². The maximum Gasteiger partial charge on any atom is 0.242 e. The van der Waals surface area contributed by atoms with Crippen LogP contribution in [0.2, 0.25) is 0 Å². The highest BCUT2D eigenvalue weighted by Gasteiger charge is 2.27. The van der Waals surface area contributed by atoms with Crippen molar-refractivity contribution in [1.29, 1.82) is 0 Å². The van der Waals surface area contributed by atoms with E-state index < -0.39 is 0 Å². The second kappa shape index (κ2) is 8.43. The van der Waals surface area contributed by atoms with Crippen LogP contribution in [0.3, 0.4) is 0 Å². The number of carbonyl (C=O) groups is 1. The molecule has 7 heteroatoms. The molecular weight excluding hydrogens is 342 g/mol. The molecule has 1 fully saturated rings. The number of methoxy groups -OCH3 is 1. The number of nitrogens with one attached hydrogen (secondary N) is 1. The Labute approximate surface area is 160 Å². The standard InChI is InChI=1S/C20H29N5O2/c1-15(2)25-19(9-10-21-25)22-20(26)16(3)23-11-13-24(14-12-23)17-7-5-6-8-18(17)27-4/h5-10,15-16H,11-14H2,1-4H3,(H,22,26)/t16-/m0/s1. The monoisotopic (exact) mass is 371 g/mol. The molecule has 1 atom stereocenters. The number of para-hydroxylation sites is 2. The highest BCUT2D eigenvalue weighted by molar-refractivity contribution is 5.93. The smallest absolute Gasteiger partial charge is 0.242 e. The zero-order chi connectivity index (χ0) is 19.4. The number of piperazine rings is 1. The Bertz CT molecular complexity index is 765. The van der Waals surface area contributed by atoms with Crippen molar-refractivity contribution in [2.75, 3.05) is 43.5 Å². The lowest BCUT2D eigenvalue weighted by Gasteiger charge is -2.38. The lowest BCUT2D eigenvalue weighted by atomic mass is 10.2. The van der Waals surface area contributed by atoms with Gasteiger partial charge in [-0.1, -0.05) is 12.1 Å². The first-order valence-electron chi connectivity index (χ1n) is 9.47. The summed E-state index contributed by atoms with van der Waals surface area (Å²) in [5.74, 6) is 1.64. The van der Waals surface area contributed by atoms with Crippen LogP contribution in [-0.4, -0.2) is 59.9 Å². The Balaban J connectivity index is 1.58. The van der Waals surface area contributed by atoms with Gasteiger partial charge in [0.15, 0.2) is 0 Å². The SMILES string of the molecule is COc1ccccc1N1CCN([C@@H](C)C(=O)Nc2ccnn2C(C)C)CC1. The lowest BCUT2D eigenvalue weighted by Crippen LogP contribution is -2.53. The Kier molecular flexibility index (Phi) is 6.01. The van der Waals surface area contributed by atoms with Gasteiger partial charge in [-0.2, -0.15) is 5.10 Å². The number of ether oxygens (including phenoxy) is 1. The number of rotatable bonds is 6. The highest BCUT2D eigenvalue weighted by atomic mass is 16.5. The van der Waals surface area contributed by atoms with Crippen molar-refractivity contribution >= 4 is 17.4 Å². The highest BCUT2D eigenvalue weighted by Crippen LogP contribution is 2.28. The quantitative estimate of drug-likeness (QED) is 0.846. The molecule has 0 aliphatic carbocycles. The molecule has 2 heterocycles. The largest absolute Gasteiger partial charge is 0.495 e. The van der Waals surface area contributed by atoms with Crippen LogP contribution >= 0.6 is 0 Å². The molecule has 0 saturated carbocycles. The van der Waals surface area contributed by atoms with E-state index in [2.05, 4.69) is 26.3 Å². The number of aromatic nitrogens is 2. The van der Waals surface area contributed by atoms with Gasteiger partial charge < -0.3 is 15.0 Å². The molecular formula is C20H29N5O2. The summed E-state index contributed by atoms with van der Waals surface area (Å²) in [5, 5.41) is 7.29. The van der Waals surface area contributed by atoms with E-state index in [1.807, 2.05) is 49.7 Å². The predicted octanol–water partition coefficient (Wildman–Crippen LogP) is 2.62. The molecule has 1 aromatic heterocycles. The topological polar surface area (TPSA) is 62.6 Å². The molecule has 2 aromatic rings. The minimum Gasteiger partial charge on any atom is -0.495 e. The van der Waals surface area contributed by atoms with Gasteiger partial charge in [0.1, 0.15) is 11.6 Å². The van der Waals surface area contributed by atoms with Crippen LogP contribution in [0.25, 0.3) is 0 Å². The summed E-state index contributed by atoms with van der Waals surface area (Å²) in [7, 11) is 1.70. The van der Waals surface area contributed by atoms with Crippen LogP contribution < -0.4 is 15.0 Å². The van der Waals surface area contributed by atoms with Gasteiger partial charge in [0.25, 0.3) is 0 Å². The van der Waals surface area contributed by atoms with Crippen LogP contribution in [0.5, 0.6) is 5.75 Å². The Hall–Kier alpha value is -2.54. The molecule has 0 bridgehead atoms. The summed E-state index contributed by atoms with van der Waals surface area (Å²) in [4.78, 5) is 17.2. The molecule has 1 aromatic carbocycles. The normalized spacial score (nSPS) is 16.4. The van der Waals surface area contributed by atoms with Crippen LogP contribution in [0.1, 0.15) is 26.8 Å². The van der Waals surface area contributed by atoms with Gasteiger partial charge in [0, 0.05) is 38.3 Å². The van der Waals surface area contributed by atoms with E-state index in [4.69, 9.17) is 4.74 Å². The molecule has 7 nitrogen and oxygen atoms in total. The summed E-state index contributed by atoms with van der Waals surface area (Å²) in [5.41, 5.74) is 1.11. The molecule has 0 radical (unpaired) electrons. The summed E-state index contributed by atoms with van der Waals surface area (Å²) in [6.07, 6.45) is 1.71. The molecule has 1 N–H and O–H groups in total. The number of hydrogen-bond acceptors (Lipinski definition) is 5. The molecule has 1 amide bonds. The average molecular weight is 371 g/mol. The predicted molar refractivity (Wildman–Crippen MR) is 107 cm³/mol. The molecule has 3 rings (SSSR count). The molecule has 0 unspecified atom stereocenters. The van der Waals surface area contributed by atoms with Gasteiger partial charge in [-0.3, -0.25) is 9.69 Å². The fourth-order valence-corrected chi connectivity index (χ4v) is 3.46. The van der Waals surface area contributed by atoms with Crippen LogP contribution in [0, 0.1) is 0 Å². The van der Waals surface area contributed by atoms with Crippen molar-refractivity contribution in [3.05, 3.63) is 36.5 Å². The molecule has 0 spiro atoms. The second-order valence-electron chi connectivity index (χ2n) is 7.11. The van der Waals surface area contributed by atoms with Crippen LogP contribution in [-0.2, 0) is 4.79 Å². The number of benzene rings is 1. The van der Waals surface area contributed by atoms with E-state index in [9.17, 15) is 4.79 Å². The minimum atomic E-state index is -0.194. The van der Waals surface area contributed by atoms with Gasteiger partial charge >= 0.3 is 0 Å². The Morgan fingerprint density at radius 3 is 2.48 bits per heavy atom. The van der Waals surface area contributed by atoms with Crippen LogP contribution in [0.15, 0.2) is 36.5 Å². The Morgan fingerprint density at radius 1 is 1.11 bits per heavy atom. The maximum absolute atomic E-state index is 12.7. The van der Waals surface area contributed by atoms with Gasteiger partial charge in [0.05, 0.1) is 25.0 Å². The summed E-state index contributed by atoms with van der Waals surface area (Å²) < 4.78 is 7.30. The van der Waals surface area contributed by atoms with Crippen molar-refractivity contribution in [1.82, 2.24) is 14.7 Å². The third-order valence-corrected chi connectivity index (χ3v) is 5.08. The number of anilines is 2. The number of nitrogens with zero attached hydrogens (tertiary/aromatic N) is 4.